The van der Waals surface area contributed by atoms with Crippen LogP contribution in [0.2, 0.25) is 0 Å². The minimum atomic E-state index is -1.22. The van der Waals surface area contributed by atoms with Crippen molar-refractivity contribution in [2.45, 2.75) is 19.9 Å². The van der Waals surface area contributed by atoms with E-state index >= 15 is 0 Å². The molecule has 0 fully saturated rings. The molecule has 0 heterocycles. The van der Waals surface area contributed by atoms with Crippen molar-refractivity contribution >= 4 is 11.8 Å². The molecule has 1 aromatic rings. The second kappa shape index (κ2) is 5.64. The average Bonchev–Trinajstić information content (AvgIpc) is 2.28. The number of benzene rings is 1. The number of carbonyl (C=O) groups excluding carboxylic acids is 1. The number of carbonyl (C=O) groups is 2. The number of aliphatic carboxylic acids is 1. The van der Waals surface area contributed by atoms with Gasteiger partial charge in [-0.1, -0.05) is 0 Å². The van der Waals surface area contributed by atoms with Gasteiger partial charge in [0.2, 0.25) is 0 Å². The van der Waals surface area contributed by atoms with Gasteiger partial charge in [-0.2, -0.15) is 0 Å². The molecule has 1 atom stereocenters. The Morgan fingerprint density at radius 2 is 1.78 bits per heavy atom. The van der Waals surface area contributed by atoms with E-state index in [-0.39, 0.29) is 0 Å². The summed E-state index contributed by atoms with van der Waals surface area (Å²) in [6.45, 7) is 3.63. The summed E-state index contributed by atoms with van der Waals surface area (Å²) in [5.41, 5.74) is 1.98. The number of aryl methyl sites for hydroxylation is 2. The topological polar surface area (TPSA) is 75.6 Å². The summed E-state index contributed by atoms with van der Waals surface area (Å²) in [7, 11) is 3.00. The highest BCUT2D eigenvalue weighted by Gasteiger charge is 2.26. The first kappa shape index (κ1) is 14.2. The van der Waals surface area contributed by atoms with Crippen LogP contribution < -0.4 is 10.1 Å². The normalized spacial score (nSPS) is 12.0. The molecule has 5 nitrogen and oxygen atoms in total. The number of ketones is 1. The Morgan fingerprint density at radius 1 is 1.28 bits per heavy atom. The Labute approximate surface area is 106 Å². The van der Waals surface area contributed by atoms with Gasteiger partial charge in [0.05, 0.1) is 7.11 Å². The van der Waals surface area contributed by atoms with E-state index in [4.69, 9.17) is 9.84 Å². The molecule has 0 saturated carbocycles. The van der Waals surface area contributed by atoms with Crippen molar-refractivity contribution < 1.29 is 19.4 Å². The molecule has 0 spiro atoms. The van der Waals surface area contributed by atoms with Crippen LogP contribution in [0.1, 0.15) is 21.5 Å². The number of carboxylic acids is 1. The van der Waals surface area contributed by atoms with Crippen molar-refractivity contribution in [3.63, 3.8) is 0 Å². The zero-order chi connectivity index (χ0) is 13.9. The summed E-state index contributed by atoms with van der Waals surface area (Å²) in [6, 6.07) is 2.06. The molecule has 0 aliphatic carbocycles. The minimum Gasteiger partial charge on any atom is -0.496 e. The summed E-state index contributed by atoms with van der Waals surface area (Å²) in [5, 5.41) is 11.4. The molecule has 5 heteroatoms. The van der Waals surface area contributed by atoms with E-state index in [1.807, 2.05) is 13.8 Å². The molecular formula is C13H17NO4. The quantitative estimate of drug-likeness (QED) is 0.607. The number of ether oxygens (including phenoxy) is 1. The molecule has 18 heavy (non-hydrogen) atoms. The standard InChI is InChI=1S/C13H17NO4/c1-7-5-9(6-8(2)12(7)18-4)11(15)10(14-3)13(16)17/h5-6,10,14H,1-4H3,(H,16,17). The molecule has 0 saturated heterocycles. The molecule has 1 aromatic carbocycles. The van der Waals surface area contributed by atoms with Crippen LogP contribution in [0.25, 0.3) is 0 Å². The first-order valence-electron chi connectivity index (χ1n) is 5.51. The Bertz CT molecular complexity index is 459. The first-order valence-corrected chi connectivity index (χ1v) is 5.51. The lowest BCUT2D eigenvalue weighted by Gasteiger charge is -2.13. The lowest BCUT2D eigenvalue weighted by atomic mass is 9.99. The Balaban J connectivity index is 3.19. The van der Waals surface area contributed by atoms with Crippen LogP contribution in [0.5, 0.6) is 5.75 Å². The molecule has 0 aromatic heterocycles. The third-order valence-electron chi connectivity index (χ3n) is 2.75. The zero-order valence-electron chi connectivity index (χ0n) is 10.9. The smallest absolute Gasteiger partial charge is 0.328 e. The summed E-state index contributed by atoms with van der Waals surface area (Å²) in [4.78, 5) is 23.0. The van der Waals surface area contributed by atoms with Gasteiger partial charge in [0, 0.05) is 5.56 Å². The molecule has 1 unspecified atom stereocenters. The van der Waals surface area contributed by atoms with Gasteiger partial charge >= 0.3 is 5.97 Å². The average molecular weight is 251 g/mol. The van der Waals surface area contributed by atoms with Gasteiger partial charge in [-0.05, 0) is 44.2 Å². The van der Waals surface area contributed by atoms with Crippen LogP contribution in [0.4, 0.5) is 0 Å². The molecule has 0 radical (unpaired) electrons. The van der Waals surface area contributed by atoms with Gasteiger partial charge in [0.1, 0.15) is 5.75 Å². The number of hydrogen-bond donors (Lipinski definition) is 2. The molecular weight excluding hydrogens is 234 g/mol. The molecule has 0 aliphatic heterocycles. The van der Waals surface area contributed by atoms with Crippen LogP contribution in [0.15, 0.2) is 12.1 Å². The third-order valence-corrected chi connectivity index (χ3v) is 2.75. The van der Waals surface area contributed by atoms with E-state index < -0.39 is 17.8 Å². The number of Topliss-reactive ketones (excluding diaryl/α,β-unsaturated/α-hetero) is 1. The van der Waals surface area contributed by atoms with E-state index in [1.54, 1.807) is 19.2 Å². The minimum absolute atomic E-state index is 0.368. The van der Waals surface area contributed by atoms with Crippen LogP contribution in [0, 0.1) is 13.8 Å². The van der Waals surface area contributed by atoms with Crippen molar-refractivity contribution in [3.8, 4) is 5.75 Å². The lowest BCUT2D eigenvalue weighted by molar-refractivity contribution is -0.137. The number of rotatable bonds is 5. The third kappa shape index (κ3) is 2.68. The van der Waals surface area contributed by atoms with Gasteiger partial charge in [0.15, 0.2) is 11.8 Å². The fraction of sp³-hybridized carbons (Fsp3) is 0.385. The Kier molecular flexibility index (Phi) is 4.44. The Morgan fingerprint density at radius 3 is 2.11 bits per heavy atom. The number of methoxy groups -OCH3 is 1. The van der Waals surface area contributed by atoms with Crippen LogP contribution >= 0.6 is 0 Å². The molecule has 98 valence electrons. The van der Waals surface area contributed by atoms with E-state index in [0.29, 0.717) is 11.3 Å². The SMILES string of the molecule is CNC(C(=O)O)C(=O)c1cc(C)c(OC)c(C)c1. The highest BCUT2D eigenvalue weighted by atomic mass is 16.5. The Hall–Kier alpha value is -1.88. The van der Waals surface area contributed by atoms with Gasteiger partial charge in [-0.3, -0.25) is 9.59 Å². The van der Waals surface area contributed by atoms with Crippen LogP contribution in [-0.4, -0.2) is 37.1 Å². The maximum atomic E-state index is 12.0. The van der Waals surface area contributed by atoms with Gasteiger partial charge in [-0.15, -0.1) is 0 Å². The number of nitrogens with one attached hydrogen (secondary N) is 1. The largest absolute Gasteiger partial charge is 0.496 e. The monoisotopic (exact) mass is 251 g/mol. The van der Waals surface area contributed by atoms with Crippen molar-refractivity contribution in [1.82, 2.24) is 5.32 Å². The first-order chi connectivity index (χ1) is 8.42. The zero-order valence-corrected chi connectivity index (χ0v) is 10.9. The van der Waals surface area contributed by atoms with E-state index in [9.17, 15) is 9.59 Å². The second-order valence-electron chi connectivity index (χ2n) is 4.07. The van der Waals surface area contributed by atoms with E-state index in [2.05, 4.69) is 5.32 Å². The molecule has 0 bridgehead atoms. The molecule has 2 N–H and O–H groups in total. The van der Waals surface area contributed by atoms with Crippen LogP contribution in [0.3, 0.4) is 0 Å². The van der Waals surface area contributed by atoms with Crippen molar-refractivity contribution in [1.29, 1.82) is 0 Å². The van der Waals surface area contributed by atoms with Crippen molar-refractivity contribution in [2.24, 2.45) is 0 Å². The predicted molar refractivity (Wildman–Crippen MR) is 67.3 cm³/mol. The molecule has 0 amide bonds. The maximum absolute atomic E-state index is 12.0. The summed E-state index contributed by atoms with van der Waals surface area (Å²) < 4.78 is 5.20. The van der Waals surface area contributed by atoms with Crippen molar-refractivity contribution in [3.05, 3.63) is 28.8 Å². The second-order valence-corrected chi connectivity index (χ2v) is 4.07. The highest BCUT2D eigenvalue weighted by Crippen LogP contribution is 2.24. The van der Waals surface area contributed by atoms with Gasteiger partial charge in [0.25, 0.3) is 0 Å². The van der Waals surface area contributed by atoms with E-state index in [0.717, 1.165) is 11.1 Å². The number of carboxylic acid groups (broad SMARTS) is 1. The summed E-state index contributed by atoms with van der Waals surface area (Å²) in [5.74, 6) is -0.935. The molecule has 0 aliphatic rings. The lowest BCUT2D eigenvalue weighted by Crippen LogP contribution is -2.41. The van der Waals surface area contributed by atoms with Crippen LogP contribution in [-0.2, 0) is 4.79 Å². The van der Waals surface area contributed by atoms with Gasteiger partial charge < -0.3 is 15.2 Å². The van der Waals surface area contributed by atoms with Crippen molar-refractivity contribution in [2.75, 3.05) is 14.2 Å². The number of hydrogen-bond acceptors (Lipinski definition) is 4. The summed E-state index contributed by atoms with van der Waals surface area (Å²) >= 11 is 0. The highest BCUT2D eigenvalue weighted by molar-refractivity contribution is 6.11. The fourth-order valence-electron chi connectivity index (χ4n) is 1.95. The maximum Gasteiger partial charge on any atom is 0.328 e. The van der Waals surface area contributed by atoms with Gasteiger partial charge in [-0.25, -0.2) is 0 Å². The fourth-order valence-corrected chi connectivity index (χ4v) is 1.95. The molecule has 1 rings (SSSR count). The predicted octanol–water partition coefficient (Wildman–Crippen LogP) is 1.17. The number of likely N-dealkylation sites (N-methyl/N-ethyl adjacent to an activating group) is 1. The van der Waals surface area contributed by atoms with E-state index in [1.165, 1.54) is 7.05 Å². The summed E-state index contributed by atoms with van der Waals surface area (Å²) in [6.07, 6.45) is 0.